The molecule has 2 aromatic carbocycles. The molecule has 98 valence electrons. The van der Waals surface area contributed by atoms with Crippen LogP contribution >= 0.6 is 15.9 Å². The van der Waals surface area contributed by atoms with Crippen molar-refractivity contribution in [3.05, 3.63) is 70.2 Å². The van der Waals surface area contributed by atoms with Gasteiger partial charge in [0.25, 0.3) is 0 Å². The standard InChI is InChI=1S/C16H15BrO2/c1-12(16(18)14-7-3-2-4-8-14)19-11-13-6-5-9-15(17)10-13/h2-10,12H,11H2,1H3. The molecule has 0 saturated heterocycles. The van der Waals surface area contributed by atoms with E-state index in [1.165, 1.54) is 0 Å². The fourth-order valence-electron chi connectivity index (χ4n) is 1.76. The summed E-state index contributed by atoms with van der Waals surface area (Å²) in [7, 11) is 0. The van der Waals surface area contributed by atoms with E-state index in [1.807, 2.05) is 42.5 Å². The summed E-state index contributed by atoms with van der Waals surface area (Å²) in [6.07, 6.45) is -0.443. The number of carbonyl (C=O) groups excluding carboxylic acids is 1. The largest absolute Gasteiger partial charge is 0.366 e. The van der Waals surface area contributed by atoms with Gasteiger partial charge in [-0.2, -0.15) is 0 Å². The van der Waals surface area contributed by atoms with E-state index in [1.54, 1.807) is 19.1 Å². The summed E-state index contributed by atoms with van der Waals surface area (Å²) in [5.41, 5.74) is 1.73. The van der Waals surface area contributed by atoms with E-state index in [9.17, 15) is 4.79 Å². The molecule has 3 heteroatoms. The van der Waals surface area contributed by atoms with Gasteiger partial charge in [-0.1, -0.05) is 58.4 Å². The number of ether oxygens (including phenoxy) is 1. The number of carbonyl (C=O) groups is 1. The van der Waals surface area contributed by atoms with Crippen LogP contribution in [0, 0.1) is 0 Å². The van der Waals surface area contributed by atoms with Gasteiger partial charge >= 0.3 is 0 Å². The number of halogens is 1. The zero-order chi connectivity index (χ0) is 13.7. The van der Waals surface area contributed by atoms with E-state index in [4.69, 9.17) is 4.74 Å². The van der Waals surface area contributed by atoms with Crippen LogP contribution in [-0.4, -0.2) is 11.9 Å². The average molecular weight is 319 g/mol. The van der Waals surface area contributed by atoms with Gasteiger partial charge in [-0.3, -0.25) is 4.79 Å². The van der Waals surface area contributed by atoms with Crippen molar-refractivity contribution in [2.45, 2.75) is 19.6 Å². The molecule has 0 N–H and O–H groups in total. The predicted molar refractivity (Wildman–Crippen MR) is 79.2 cm³/mol. The number of ketones is 1. The molecule has 0 bridgehead atoms. The maximum atomic E-state index is 12.1. The molecule has 0 spiro atoms. The lowest BCUT2D eigenvalue weighted by Gasteiger charge is -2.12. The first-order valence-corrected chi connectivity index (χ1v) is 6.91. The first-order chi connectivity index (χ1) is 9.16. The molecule has 2 nitrogen and oxygen atoms in total. The number of hydrogen-bond acceptors (Lipinski definition) is 2. The lowest BCUT2D eigenvalue weighted by molar-refractivity contribution is 0.0412. The molecular weight excluding hydrogens is 304 g/mol. The van der Waals surface area contributed by atoms with Gasteiger partial charge in [0.1, 0.15) is 6.10 Å². The fraction of sp³-hybridized carbons (Fsp3) is 0.188. The van der Waals surface area contributed by atoms with E-state index in [2.05, 4.69) is 15.9 Å². The zero-order valence-electron chi connectivity index (χ0n) is 10.7. The Morgan fingerprint density at radius 1 is 1.16 bits per heavy atom. The summed E-state index contributed by atoms with van der Waals surface area (Å²) in [6.45, 7) is 2.21. The quantitative estimate of drug-likeness (QED) is 0.771. The number of Topliss-reactive ketones (excluding diaryl/α,β-unsaturated/α-hetero) is 1. The van der Waals surface area contributed by atoms with Gasteiger partial charge in [0.2, 0.25) is 0 Å². The predicted octanol–water partition coefficient (Wildman–Crippen LogP) is 4.24. The molecule has 0 aliphatic carbocycles. The molecule has 0 saturated carbocycles. The van der Waals surface area contributed by atoms with Gasteiger partial charge in [-0.05, 0) is 24.6 Å². The summed E-state index contributed by atoms with van der Waals surface area (Å²) in [4.78, 5) is 12.1. The molecule has 2 aromatic rings. The monoisotopic (exact) mass is 318 g/mol. The van der Waals surface area contributed by atoms with Crippen molar-refractivity contribution < 1.29 is 9.53 Å². The Balaban J connectivity index is 1.95. The third kappa shape index (κ3) is 4.01. The molecule has 0 aliphatic heterocycles. The van der Waals surface area contributed by atoms with Crippen LogP contribution in [0.2, 0.25) is 0 Å². The first kappa shape index (κ1) is 14.0. The minimum atomic E-state index is -0.443. The Kier molecular flexibility index (Phi) is 4.88. The van der Waals surface area contributed by atoms with Crippen molar-refractivity contribution in [3.8, 4) is 0 Å². The maximum absolute atomic E-state index is 12.1. The fourth-order valence-corrected chi connectivity index (χ4v) is 2.21. The molecule has 0 radical (unpaired) electrons. The minimum absolute atomic E-state index is 0.00981. The summed E-state index contributed by atoms with van der Waals surface area (Å²) in [6, 6.07) is 17.1. The van der Waals surface area contributed by atoms with E-state index >= 15 is 0 Å². The van der Waals surface area contributed by atoms with E-state index in [-0.39, 0.29) is 5.78 Å². The van der Waals surface area contributed by atoms with Gasteiger partial charge in [-0.15, -0.1) is 0 Å². The summed E-state index contributed by atoms with van der Waals surface area (Å²) in [5.74, 6) is 0.00981. The van der Waals surface area contributed by atoms with Crippen LogP contribution in [0.4, 0.5) is 0 Å². The molecule has 0 amide bonds. The summed E-state index contributed by atoms with van der Waals surface area (Å²) >= 11 is 3.41. The Labute approximate surface area is 121 Å². The minimum Gasteiger partial charge on any atom is -0.366 e. The Bertz CT molecular complexity index is 552. The van der Waals surface area contributed by atoms with Crippen LogP contribution < -0.4 is 0 Å². The highest BCUT2D eigenvalue weighted by Gasteiger charge is 2.15. The van der Waals surface area contributed by atoms with Crippen LogP contribution in [0.3, 0.4) is 0 Å². The summed E-state index contributed by atoms with van der Waals surface area (Å²) < 4.78 is 6.64. The Morgan fingerprint density at radius 2 is 1.89 bits per heavy atom. The van der Waals surface area contributed by atoms with Crippen LogP contribution in [0.1, 0.15) is 22.8 Å². The highest BCUT2D eigenvalue weighted by atomic mass is 79.9. The van der Waals surface area contributed by atoms with Gasteiger partial charge < -0.3 is 4.74 Å². The highest BCUT2D eigenvalue weighted by molar-refractivity contribution is 9.10. The van der Waals surface area contributed by atoms with Crippen LogP contribution in [-0.2, 0) is 11.3 Å². The molecule has 0 heterocycles. The lowest BCUT2D eigenvalue weighted by atomic mass is 10.1. The van der Waals surface area contributed by atoms with E-state index < -0.39 is 6.10 Å². The molecule has 1 unspecified atom stereocenters. The third-order valence-electron chi connectivity index (χ3n) is 2.82. The molecule has 0 aromatic heterocycles. The second-order valence-corrected chi connectivity index (χ2v) is 5.23. The lowest BCUT2D eigenvalue weighted by Crippen LogP contribution is -2.20. The molecule has 19 heavy (non-hydrogen) atoms. The van der Waals surface area contributed by atoms with Crippen molar-refractivity contribution in [1.29, 1.82) is 0 Å². The summed E-state index contributed by atoms with van der Waals surface area (Å²) in [5, 5.41) is 0. The molecule has 0 fully saturated rings. The zero-order valence-corrected chi connectivity index (χ0v) is 12.3. The van der Waals surface area contributed by atoms with Crippen molar-refractivity contribution >= 4 is 21.7 Å². The number of rotatable bonds is 5. The first-order valence-electron chi connectivity index (χ1n) is 6.12. The van der Waals surface area contributed by atoms with Crippen LogP contribution in [0.25, 0.3) is 0 Å². The van der Waals surface area contributed by atoms with Crippen molar-refractivity contribution in [2.24, 2.45) is 0 Å². The van der Waals surface area contributed by atoms with Crippen LogP contribution in [0.5, 0.6) is 0 Å². The van der Waals surface area contributed by atoms with Gasteiger partial charge in [0, 0.05) is 10.0 Å². The van der Waals surface area contributed by atoms with Crippen LogP contribution in [0.15, 0.2) is 59.1 Å². The maximum Gasteiger partial charge on any atom is 0.191 e. The average Bonchev–Trinajstić information content (AvgIpc) is 2.45. The van der Waals surface area contributed by atoms with E-state index in [0.29, 0.717) is 12.2 Å². The second-order valence-electron chi connectivity index (χ2n) is 4.31. The Morgan fingerprint density at radius 3 is 2.58 bits per heavy atom. The number of hydrogen-bond donors (Lipinski definition) is 0. The SMILES string of the molecule is CC(OCc1cccc(Br)c1)C(=O)c1ccccc1. The normalized spacial score (nSPS) is 12.1. The molecule has 1 atom stereocenters. The van der Waals surface area contributed by atoms with Crippen molar-refractivity contribution in [1.82, 2.24) is 0 Å². The van der Waals surface area contributed by atoms with Gasteiger partial charge in [0.05, 0.1) is 6.61 Å². The molecular formula is C16H15BrO2. The third-order valence-corrected chi connectivity index (χ3v) is 3.31. The van der Waals surface area contributed by atoms with Crippen molar-refractivity contribution in [3.63, 3.8) is 0 Å². The second kappa shape index (κ2) is 6.64. The van der Waals surface area contributed by atoms with Gasteiger partial charge in [-0.25, -0.2) is 0 Å². The van der Waals surface area contributed by atoms with Crippen molar-refractivity contribution in [2.75, 3.05) is 0 Å². The smallest absolute Gasteiger partial charge is 0.191 e. The van der Waals surface area contributed by atoms with E-state index in [0.717, 1.165) is 10.0 Å². The highest BCUT2D eigenvalue weighted by Crippen LogP contribution is 2.14. The molecule has 2 rings (SSSR count). The van der Waals surface area contributed by atoms with Gasteiger partial charge in [0.15, 0.2) is 5.78 Å². The Hall–Kier alpha value is -1.45. The number of benzene rings is 2. The molecule has 0 aliphatic rings. The topological polar surface area (TPSA) is 26.3 Å².